The second-order valence-electron chi connectivity index (χ2n) is 4.29. The first-order valence-corrected chi connectivity index (χ1v) is 6.03. The first-order chi connectivity index (χ1) is 9.70. The van der Waals surface area contributed by atoms with Crippen LogP contribution in [0.5, 0.6) is 5.75 Å². The molecule has 1 aromatic rings. The van der Waals surface area contributed by atoms with Crippen LogP contribution in [0.25, 0.3) is 0 Å². The normalized spacial score (nSPS) is 11.2. The van der Waals surface area contributed by atoms with Crippen LogP contribution in [0.3, 0.4) is 0 Å². The molecule has 0 unspecified atom stereocenters. The van der Waals surface area contributed by atoms with E-state index in [1.54, 1.807) is 0 Å². The predicted octanol–water partition coefficient (Wildman–Crippen LogP) is 2.76. The Morgan fingerprint density at radius 1 is 1.33 bits per heavy atom. The van der Waals surface area contributed by atoms with E-state index in [0.717, 1.165) is 18.2 Å². The zero-order valence-corrected chi connectivity index (χ0v) is 10.8. The van der Waals surface area contributed by atoms with Crippen LogP contribution in [0.15, 0.2) is 18.2 Å². The maximum absolute atomic E-state index is 11.9. The van der Waals surface area contributed by atoms with Crippen LogP contribution in [0.4, 0.5) is 18.9 Å². The van der Waals surface area contributed by atoms with Gasteiger partial charge in [-0.2, -0.15) is 13.2 Å². The van der Waals surface area contributed by atoms with Crippen LogP contribution in [0, 0.1) is 10.1 Å². The zero-order valence-electron chi connectivity index (χ0n) is 10.8. The number of nitro groups is 1. The van der Waals surface area contributed by atoms with E-state index in [2.05, 4.69) is 5.32 Å². The number of carbonyl (C=O) groups excluding carboxylic acids is 1. The van der Waals surface area contributed by atoms with Gasteiger partial charge in [-0.3, -0.25) is 14.9 Å². The SMILES string of the molecule is O=C(NCCCCC(F)(F)F)c1ccc([N+](=O)[O-])c(O)c1. The van der Waals surface area contributed by atoms with Gasteiger partial charge in [0.2, 0.25) is 0 Å². The molecule has 2 N–H and O–H groups in total. The lowest BCUT2D eigenvalue weighted by atomic mass is 10.1. The lowest BCUT2D eigenvalue weighted by molar-refractivity contribution is -0.385. The lowest BCUT2D eigenvalue weighted by Crippen LogP contribution is -2.24. The monoisotopic (exact) mass is 306 g/mol. The molecule has 0 radical (unpaired) electrons. The third-order valence-electron chi connectivity index (χ3n) is 2.61. The van der Waals surface area contributed by atoms with Crippen molar-refractivity contribution >= 4 is 11.6 Å². The fourth-order valence-corrected chi connectivity index (χ4v) is 1.57. The fraction of sp³-hybridized carbons (Fsp3) is 0.417. The summed E-state index contributed by atoms with van der Waals surface area (Å²) in [5.41, 5.74) is -0.536. The topological polar surface area (TPSA) is 92.5 Å². The van der Waals surface area contributed by atoms with Crippen LogP contribution in [-0.2, 0) is 0 Å². The summed E-state index contributed by atoms with van der Waals surface area (Å²) in [5, 5.41) is 22.2. The van der Waals surface area contributed by atoms with Crippen molar-refractivity contribution in [2.45, 2.75) is 25.4 Å². The lowest BCUT2D eigenvalue weighted by Gasteiger charge is -2.07. The van der Waals surface area contributed by atoms with Crippen molar-refractivity contribution in [3.05, 3.63) is 33.9 Å². The number of hydrogen-bond acceptors (Lipinski definition) is 4. The van der Waals surface area contributed by atoms with Gasteiger partial charge in [-0.25, -0.2) is 0 Å². The van der Waals surface area contributed by atoms with Crippen molar-refractivity contribution in [3.8, 4) is 5.75 Å². The van der Waals surface area contributed by atoms with E-state index in [0.29, 0.717) is 0 Å². The number of nitrogens with one attached hydrogen (secondary N) is 1. The number of nitrogens with zero attached hydrogens (tertiary/aromatic N) is 1. The smallest absolute Gasteiger partial charge is 0.389 e. The Bertz CT molecular complexity index is 532. The highest BCUT2D eigenvalue weighted by molar-refractivity contribution is 5.95. The molecule has 6 nitrogen and oxygen atoms in total. The van der Waals surface area contributed by atoms with E-state index in [-0.39, 0.29) is 24.9 Å². The van der Waals surface area contributed by atoms with Crippen molar-refractivity contribution in [1.82, 2.24) is 5.32 Å². The summed E-state index contributed by atoms with van der Waals surface area (Å²) < 4.78 is 35.7. The molecular formula is C12H13F3N2O4. The molecule has 0 aliphatic heterocycles. The molecular weight excluding hydrogens is 293 g/mol. The summed E-state index contributed by atoms with van der Waals surface area (Å²) in [5.74, 6) is -1.27. The molecule has 116 valence electrons. The number of halogens is 3. The van der Waals surface area contributed by atoms with Gasteiger partial charge in [0.05, 0.1) is 4.92 Å². The molecule has 0 fully saturated rings. The number of carbonyl (C=O) groups is 1. The number of amides is 1. The molecule has 1 amide bonds. The number of benzene rings is 1. The zero-order chi connectivity index (χ0) is 16.0. The Morgan fingerprint density at radius 2 is 2.00 bits per heavy atom. The highest BCUT2D eigenvalue weighted by Crippen LogP contribution is 2.26. The second kappa shape index (κ2) is 6.91. The molecule has 0 aliphatic rings. The molecule has 0 heterocycles. The molecule has 0 atom stereocenters. The molecule has 21 heavy (non-hydrogen) atoms. The van der Waals surface area contributed by atoms with Gasteiger partial charge in [0.25, 0.3) is 5.91 Å². The highest BCUT2D eigenvalue weighted by Gasteiger charge is 2.25. The van der Waals surface area contributed by atoms with Crippen LogP contribution in [0.2, 0.25) is 0 Å². The molecule has 0 saturated heterocycles. The van der Waals surface area contributed by atoms with E-state index in [1.807, 2.05) is 0 Å². The van der Waals surface area contributed by atoms with Gasteiger partial charge >= 0.3 is 11.9 Å². The van der Waals surface area contributed by atoms with Gasteiger partial charge in [-0.1, -0.05) is 0 Å². The number of nitro benzene ring substituents is 1. The van der Waals surface area contributed by atoms with Crippen molar-refractivity contribution in [2.75, 3.05) is 6.54 Å². The molecule has 0 spiro atoms. The molecule has 0 bridgehead atoms. The van der Waals surface area contributed by atoms with Gasteiger partial charge in [0.15, 0.2) is 5.75 Å². The quantitative estimate of drug-likeness (QED) is 0.480. The Morgan fingerprint density at radius 3 is 2.52 bits per heavy atom. The summed E-state index contributed by atoms with van der Waals surface area (Å²) in [6.45, 7) is 0.0483. The molecule has 9 heteroatoms. The van der Waals surface area contributed by atoms with Gasteiger partial charge in [0, 0.05) is 24.6 Å². The Balaban J connectivity index is 2.46. The van der Waals surface area contributed by atoms with E-state index in [9.17, 15) is 33.2 Å². The summed E-state index contributed by atoms with van der Waals surface area (Å²) in [4.78, 5) is 21.3. The van der Waals surface area contributed by atoms with Gasteiger partial charge in [-0.15, -0.1) is 0 Å². The molecule has 1 aromatic carbocycles. The number of rotatable bonds is 6. The number of aromatic hydroxyl groups is 1. The summed E-state index contributed by atoms with van der Waals surface area (Å²) in [6, 6.07) is 3.07. The third-order valence-corrected chi connectivity index (χ3v) is 2.61. The minimum absolute atomic E-state index is 0.00563. The van der Waals surface area contributed by atoms with E-state index in [4.69, 9.17) is 0 Å². The number of unbranched alkanes of at least 4 members (excludes halogenated alkanes) is 1. The van der Waals surface area contributed by atoms with Crippen molar-refractivity contribution in [2.24, 2.45) is 0 Å². The Labute approximate surface area is 117 Å². The number of phenols is 1. The maximum Gasteiger partial charge on any atom is 0.389 e. The van der Waals surface area contributed by atoms with Crippen LogP contribution < -0.4 is 5.32 Å². The number of phenolic OH excluding ortho intramolecular Hbond substituents is 1. The van der Waals surface area contributed by atoms with Gasteiger partial charge in [-0.05, 0) is 25.0 Å². The average Bonchev–Trinajstić information content (AvgIpc) is 2.36. The standard InChI is InChI=1S/C12H13F3N2O4/c13-12(14,15)5-1-2-6-16-11(19)8-3-4-9(17(20)21)10(18)7-8/h3-4,7,18H,1-2,5-6H2,(H,16,19). The van der Waals surface area contributed by atoms with Crippen LogP contribution >= 0.6 is 0 Å². The first-order valence-electron chi connectivity index (χ1n) is 6.03. The number of hydrogen-bond donors (Lipinski definition) is 2. The minimum Gasteiger partial charge on any atom is -0.502 e. The maximum atomic E-state index is 11.9. The molecule has 1 rings (SSSR count). The van der Waals surface area contributed by atoms with E-state index < -0.39 is 34.9 Å². The van der Waals surface area contributed by atoms with Gasteiger partial charge in [0.1, 0.15) is 0 Å². The highest BCUT2D eigenvalue weighted by atomic mass is 19.4. The van der Waals surface area contributed by atoms with E-state index in [1.165, 1.54) is 0 Å². The summed E-state index contributed by atoms with van der Waals surface area (Å²) in [7, 11) is 0. The van der Waals surface area contributed by atoms with Crippen molar-refractivity contribution in [1.29, 1.82) is 0 Å². The summed E-state index contributed by atoms with van der Waals surface area (Å²) >= 11 is 0. The first kappa shape index (κ1) is 16.7. The van der Waals surface area contributed by atoms with E-state index >= 15 is 0 Å². The Kier molecular flexibility index (Phi) is 5.51. The van der Waals surface area contributed by atoms with Crippen LogP contribution in [0.1, 0.15) is 29.6 Å². The van der Waals surface area contributed by atoms with Crippen LogP contribution in [-0.4, -0.2) is 28.7 Å². The second-order valence-corrected chi connectivity index (χ2v) is 4.29. The minimum atomic E-state index is -4.21. The number of alkyl halides is 3. The van der Waals surface area contributed by atoms with Crippen molar-refractivity contribution < 1.29 is 28.0 Å². The third kappa shape index (κ3) is 5.67. The fourth-order valence-electron chi connectivity index (χ4n) is 1.57. The predicted molar refractivity (Wildman–Crippen MR) is 67.0 cm³/mol. The van der Waals surface area contributed by atoms with Gasteiger partial charge < -0.3 is 10.4 Å². The Hall–Kier alpha value is -2.32. The average molecular weight is 306 g/mol. The molecule has 0 aliphatic carbocycles. The molecule has 0 saturated carbocycles. The summed E-state index contributed by atoms with van der Waals surface area (Å²) in [6.07, 6.45) is -5.07. The molecule has 0 aromatic heterocycles. The van der Waals surface area contributed by atoms with Crippen molar-refractivity contribution in [3.63, 3.8) is 0 Å². The largest absolute Gasteiger partial charge is 0.502 e.